The molecule has 1 unspecified atom stereocenters. The number of carbonyl (C=O) groups is 4. The molecule has 1 aliphatic rings. The number of benzene rings is 1. The Morgan fingerprint density at radius 2 is 1.29 bits per heavy atom. The number of hydrogen-bond acceptors (Lipinski definition) is 5. The van der Waals surface area contributed by atoms with Crippen molar-refractivity contribution in [3.63, 3.8) is 0 Å². The smallest absolute Gasteiger partial charge is 0.333 e. The lowest BCUT2D eigenvalue weighted by molar-refractivity contribution is -0.198. The van der Waals surface area contributed by atoms with E-state index in [0.29, 0.717) is 17.9 Å². The van der Waals surface area contributed by atoms with Crippen LogP contribution in [0.5, 0.6) is 0 Å². The number of rotatable bonds is 18. The topological polar surface area (TPSA) is 101 Å². The number of unbranched alkanes of at least 4 members (excludes halogenated alkanes) is 11. The van der Waals surface area contributed by atoms with Crippen molar-refractivity contribution in [2.45, 2.75) is 103 Å². The van der Waals surface area contributed by atoms with E-state index in [9.17, 15) is 19.2 Å². The molecule has 34 heavy (non-hydrogen) atoms. The number of amides is 2. The Bertz CT molecular complexity index is 779. The minimum absolute atomic E-state index is 0.0751. The molecule has 7 heteroatoms. The van der Waals surface area contributed by atoms with Gasteiger partial charge in [-0.3, -0.25) is 14.4 Å². The zero-order chi connectivity index (χ0) is 24.6. The van der Waals surface area contributed by atoms with Gasteiger partial charge in [-0.2, -0.15) is 0 Å². The summed E-state index contributed by atoms with van der Waals surface area (Å²) in [6.45, 7) is 0. The van der Waals surface area contributed by atoms with Gasteiger partial charge in [-0.15, -0.1) is 5.06 Å². The summed E-state index contributed by atoms with van der Waals surface area (Å²) in [6.07, 6.45) is 13.7. The van der Waals surface area contributed by atoms with Crippen LogP contribution in [0.4, 0.5) is 0 Å². The van der Waals surface area contributed by atoms with E-state index in [1.807, 2.05) is 30.3 Å². The van der Waals surface area contributed by atoms with Crippen molar-refractivity contribution in [2.24, 2.45) is 5.92 Å². The van der Waals surface area contributed by atoms with Crippen molar-refractivity contribution in [1.29, 1.82) is 0 Å². The zero-order valence-electron chi connectivity index (χ0n) is 20.2. The summed E-state index contributed by atoms with van der Waals surface area (Å²) in [4.78, 5) is 52.2. The standard InChI is InChI=1S/C27H39NO6/c29-24-21-23(20-22-16-12-11-13-17-22)27(33)28(24)34-26(32)19-15-10-8-6-4-2-1-3-5-7-9-14-18-25(30)31/h11-13,16-17,23H,1-10,14-15,18-21H2,(H,30,31). The molecule has 1 aromatic carbocycles. The van der Waals surface area contributed by atoms with E-state index >= 15 is 0 Å². The number of hydroxylamine groups is 2. The third kappa shape index (κ3) is 10.9. The minimum atomic E-state index is -0.707. The molecular weight excluding hydrogens is 434 g/mol. The highest BCUT2D eigenvalue weighted by atomic mass is 16.7. The summed E-state index contributed by atoms with van der Waals surface area (Å²) < 4.78 is 0. The lowest BCUT2D eigenvalue weighted by Crippen LogP contribution is -2.33. The number of carbonyl (C=O) groups excluding carboxylic acids is 3. The first-order valence-corrected chi connectivity index (χ1v) is 12.8. The number of nitrogens with zero attached hydrogens (tertiary/aromatic N) is 1. The zero-order valence-corrected chi connectivity index (χ0v) is 20.2. The second-order valence-electron chi connectivity index (χ2n) is 9.22. The third-order valence-corrected chi connectivity index (χ3v) is 6.24. The fourth-order valence-corrected chi connectivity index (χ4v) is 4.28. The van der Waals surface area contributed by atoms with Crippen LogP contribution in [0, 0.1) is 5.92 Å². The van der Waals surface area contributed by atoms with E-state index in [4.69, 9.17) is 9.94 Å². The molecule has 0 spiro atoms. The first-order valence-electron chi connectivity index (χ1n) is 12.8. The fraction of sp³-hybridized carbons (Fsp3) is 0.630. The van der Waals surface area contributed by atoms with Gasteiger partial charge in [0, 0.05) is 19.3 Å². The number of carboxylic acids is 1. The highest BCUT2D eigenvalue weighted by Gasteiger charge is 2.41. The Kier molecular flexibility index (Phi) is 13.0. The van der Waals surface area contributed by atoms with Crippen LogP contribution in [-0.2, 0) is 30.4 Å². The van der Waals surface area contributed by atoms with Crippen molar-refractivity contribution in [1.82, 2.24) is 5.06 Å². The third-order valence-electron chi connectivity index (χ3n) is 6.24. The van der Waals surface area contributed by atoms with Crippen molar-refractivity contribution < 1.29 is 29.1 Å². The molecule has 1 saturated heterocycles. The number of aliphatic carboxylic acids is 1. The Balaban J connectivity index is 1.45. The van der Waals surface area contributed by atoms with Gasteiger partial charge in [-0.25, -0.2) is 4.79 Å². The normalized spacial score (nSPS) is 15.6. The van der Waals surface area contributed by atoms with Gasteiger partial charge >= 0.3 is 11.9 Å². The monoisotopic (exact) mass is 473 g/mol. The van der Waals surface area contributed by atoms with Crippen LogP contribution in [0.15, 0.2) is 30.3 Å². The second kappa shape index (κ2) is 16.0. The van der Waals surface area contributed by atoms with E-state index in [2.05, 4.69) is 0 Å². The molecule has 1 fully saturated rings. The second-order valence-corrected chi connectivity index (χ2v) is 9.22. The van der Waals surface area contributed by atoms with E-state index in [1.165, 1.54) is 32.1 Å². The Morgan fingerprint density at radius 1 is 0.794 bits per heavy atom. The lowest BCUT2D eigenvalue weighted by atomic mass is 9.98. The van der Waals surface area contributed by atoms with E-state index in [0.717, 1.165) is 44.1 Å². The molecular formula is C27H39NO6. The molecule has 1 N–H and O–H groups in total. The number of carboxylic acid groups (broad SMARTS) is 1. The maximum atomic E-state index is 12.5. The van der Waals surface area contributed by atoms with Gasteiger partial charge in [0.1, 0.15) is 0 Å². The molecule has 2 rings (SSSR count). The van der Waals surface area contributed by atoms with Crippen LogP contribution in [-0.4, -0.2) is 33.9 Å². The molecule has 0 aliphatic carbocycles. The fourth-order valence-electron chi connectivity index (χ4n) is 4.28. The maximum absolute atomic E-state index is 12.5. The SMILES string of the molecule is O=C(O)CCCCCCCCCCCCCCC(=O)ON1C(=O)CC(Cc2ccccc2)C1=O. The molecule has 1 aromatic rings. The van der Waals surface area contributed by atoms with Crippen LogP contribution in [0.25, 0.3) is 0 Å². The maximum Gasteiger partial charge on any atom is 0.333 e. The Morgan fingerprint density at radius 3 is 1.82 bits per heavy atom. The van der Waals surface area contributed by atoms with Crippen LogP contribution >= 0.6 is 0 Å². The molecule has 0 bridgehead atoms. The molecule has 1 atom stereocenters. The molecule has 188 valence electrons. The molecule has 2 amide bonds. The van der Waals surface area contributed by atoms with Crippen LogP contribution in [0.1, 0.15) is 102 Å². The predicted molar refractivity (Wildman–Crippen MR) is 128 cm³/mol. The van der Waals surface area contributed by atoms with Gasteiger partial charge < -0.3 is 9.94 Å². The summed E-state index contributed by atoms with van der Waals surface area (Å²) in [5.74, 6) is -2.58. The molecule has 7 nitrogen and oxygen atoms in total. The highest BCUT2D eigenvalue weighted by molar-refractivity contribution is 6.03. The first-order chi connectivity index (χ1) is 16.5. The predicted octanol–water partition coefficient (Wildman–Crippen LogP) is 5.61. The number of imide groups is 1. The lowest BCUT2D eigenvalue weighted by Gasteiger charge is -2.14. The average molecular weight is 474 g/mol. The Labute approximate surface area is 202 Å². The first kappa shape index (κ1) is 27.5. The van der Waals surface area contributed by atoms with Gasteiger partial charge in [0.05, 0.1) is 5.92 Å². The van der Waals surface area contributed by atoms with E-state index < -0.39 is 29.7 Å². The van der Waals surface area contributed by atoms with Gasteiger partial charge in [-0.1, -0.05) is 94.5 Å². The average Bonchev–Trinajstić information content (AvgIpc) is 3.07. The molecule has 1 aliphatic heterocycles. The molecule has 0 radical (unpaired) electrons. The number of hydrogen-bond donors (Lipinski definition) is 1. The molecule has 0 saturated carbocycles. The molecule has 0 aromatic heterocycles. The van der Waals surface area contributed by atoms with Gasteiger partial charge in [-0.05, 0) is 24.8 Å². The summed E-state index contributed by atoms with van der Waals surface area (Å²) in [7, 11) is 0. The van der Waals surface area contributed by atoms with Crippen molar-refractivity contribution in [2.75, 3.05) is 0 Å². The molecule has 1 heterocycles. The summed E-state index contributed by atoms with van der Waals surface area (Å²) >= 11 is 0. The highest BCUT2D eigenvalue weighted by Crippen LogP contribution is 2.24. The summed E-state index contributed by atoms with van der Waals surface area (Å²) in [6, 6.07) is 9.52. The van der Waals surface area contributed by atoms with Crippen molar-refractivity contribution in [3.05, 3.63) is 35.9 Å². The van der Waals surface area contributed by atoms with Crippen molar-refractivity contribution in [3.8, 4) is 0 Å². The van der Waals surface area contributed by atoms with Crippen LogP contribution < -0.4 is 0 Å². The summed E-state index contributed by atoms with van der Waals surface area (Å²) in [5.41, 5.74) is 0.981. The van der Waals surface area contributed by atoms with Crippen LogP contribution in [0.3, 0.4) is 0 Å². The Hall–Kier alpha value is -2.70. The van der Waals surface area contributed by atoms with Crippen LogP contribution in [0.2, 0.25) is 0 Å². The largest absolute Gasteiger partial charge is 0.481 e. The van der Waals surface area contributed by atoms with E-state index in [1.54, 1.807) is 0 Å². The van der Waals surface area contributed by atoms with Gasteiger partial charge in [0.15, 0.2) is 0 Å². The summed E-state index contributed by atoms with van der Waals surface area (Å²) in [5, 5.41) is 9.26. The van der Waals surface area contributed by atoms with Crippen molar-refractivity contribution >= 4 is 23.8 Å². The minimum Gasteiger partial charge on any atom is -0.481 e. The quantitative estimate of drug-likeness (QED) is 0.220. The van der Waals surface area contributed by atoms with Gasteiger partial charge in [0.2, 0.25) is 0 Å². The van der Waals surface area contributed by atoms with E-state index in [-0.39, 0.29) is 19.3 Å². The van der Waals surface area contributed by atoms with Gasteiger partial charge in [0.25, 0.3) is 11.8 Å².